The van der Waals surface area contributed by atoms with Crippen LogP contribution in [0.3, 0.4) is 0 Å². The largest absolute Gasteiger partial charge is 0.395 e. The van der Waals surface area contributed by atoms with Gasteiger partial charge in [-0.1, -0.05) is 33.6 Å². The van der Waals surface area contributed by atoms with Gasteiger partial charge in [0.15, 0.2) is 0 Å². The van der Waals surface area contributed by atoms with Crippen molar-refractivity contribution < 1.29 is 9.90 Å². The van der Waals surface area contributed by atoms with Crippen LogP contribution in [0.25, 0.3) is 0 Å². The molecule has 2 atom stereocenters. The molecule has 0 saturated heterocycles. The predicted molar refractivity (Wildman–Crippen MR) is 70.8 cm³/mol. The number of hydrogen-bond donors (Lipinski definition) is 3. The highest BCUT2D eigenvalue weighted by molar-refractivity contribution is 5.81. The molecule has 17 heavy (non-hydrogen) atoms. The number of hydrogen-bond acceptors (Lipinski definition) is 3. The van der Waals surface area contributed by atoms with Crippen molar-refractivity contribution in [3.8, 4) is 0 Å². The number of aliphatic hydroxyl groups is 1. The van der Waals surface area contributed by atoms with Crippen LogP contribution in [0.4, 0.5) is 0 Å². The molecule has 2 unspecified atom stereocenters. The maximum atomic E-state index is 11.7. The molecule has 0 saturated carbocycles. The molecule has 0 aliphatic carbocycles. The summed E-state index contributed by atoms with van der Waals surface area (Å²) in [6, 6.07) is -0.275. The molecule has 0 spiro atoms. The molecule has 0 fully saturated rings. The minimum atomic E-state index is -0.254. The normalized spacial score (nSPS) is 14.7. The van der Waals surface area contributed by atoms with Gasteiger partial charge in [-0.2, -0.15) is 0 Å². The first-order chi connectivity index (χ1) is 8.02. The maximum absolute atomic E-state index is 11.7. The number of unbranched alkanes of at least 4 members (excludes halogenated alkanes) is 2. The second-order valence-electron chi connectivity index (χ2n) is 4.92. The summed E-state index contributed by atoms with van der Waals surface area (Å²) in [6.45, 7) is 8.83. The number of rotatable bonds is 9. The van der Waals surface area contributed by atoms with Crippen LogP contribution >= 0.6 is 0 Å². The molecule has 0 aromatic carbocycles. The third-order valence-electron chi connectivity index (χ3n) is 2.94. The fourth-order valence-corrected chi connectivity index (χ4v) is 1.59. The highest BCUT2D eigenvalue weighted by atomic mass is 16.3. The Labute approximate surface area is 105 Å². The van der Waals surface area contributed by atoms with Crippen molar-refractivity contribution in [1.82, 2.24) is 10.6 Å². The standard InChI is InChI=1S/C13H28N2O2/c1-5-6-7-8-14-13(17)11(4)15-12(9-16)10(2)3/h10-12,15-16H,5-9H2,1-4H3,(H,14,17). The van der Waals surface area contributed by atoms with Gasteiger partial charge in [-0.25, -0.2) is 0 Å². The van der Waals surface area contributed by atoms with E-state index in [0.29, 0.717) is 5.92 Å². The van der Waals surface area contributed by atoms with Gasteiger partial charge < -0.3 is 15.7 Å². The number of nitrogens with one attached hydrogen (secondary N) is 2. The molecule has 0 aromatic rings. The van der Waals surface area contributed by atoms with Crippen molar-refractivity contribution in [1.29, 1.82) is 0 Å². The second-order valence-corrected chi connectivity index (χ2v) is 4.92. The lowest BCUT2D eigenvalue weighted by molar-refractivity contribution is -0.123. The number of amides is 1. The second kappa shape index (κ2) is 9.42. The van der Waals surface area contributed by atoms with Gasteiger partial charge in [0.2, 0.25) is 5.91 Å². The summed E-state index contributed by atoms with van der Waals surface area (Å²) in [7, 11) is 0. The molecule has 0 bridgehead atoms. The first-order valence-corrected chi connectivity index (χ1v) is 6.67. The van der Waals surface area contributed by atoms with Crippen LogP contribution in [-0.4, -0.2) is 36.2 Å². The number of carbonyl (C=O) groups is 1. The Bertz CT molecular complexity index is 208. The molecule has 0 aliphatic heterocycles. The monoisotopic (exact) mass is 244 g/mol. The van der Waals surface area contributed by atoms with E-state index in [1.165, 1.54) is 0 Å². The summed E-state index contributed by atoms with van der Waals surface area (Å²) >= 11 is 0. The average Bonchev–Trinajstić information content (AvgIpc) is 2.30. The van der Waals surface area contributed by atoms with Crippen molar-refractivity contribution in [2.45, 2.75) is 59.0 Å². The molecule has 0 aromatic heterocycles. The van der Waals surface area contributed by atoms with E-state index in [0.717, 1.165) is 25.8 Å². The summed E-state index contributed by atoms with van der Waals surface area (Å²) in [5.41, 5.74) is 0. The lowest BCUT2D eigenvalue weighted by Gasteiger charge is -2.24. The minimum Gasteiger partial charge on any atom is -0.395 e. The van der Waals surface area contributed by atoms with Gasteiger partial charge >= 0.3 is 0 Å². The molecular formula is C13H28N2O2. The van der Waals surface area contributed by atoms with Crippen molar-refractivity contribution in [3.05, 3.63) is 0 Å². The Balaban J connectivity index is 3.87. The fraction of sp³-hybridized carbons (Fsp3) is 0.923. The smallest absolute Gasteiger partial charge is 0.236 e. The third kappa shape index (κ3) is 7.34. The molecule has 0 radical (unpaired) electrons. The maximum Gasteiger partial charge on any atom is 0.236 e. The molecule has 0 rings (SSSR count). The quantitative estimate of drug-likeness (QED) is 0.536. The fourth-order valence-electron chi connectivity index (χ4n) is 1.59. The summed E-state index contributed by atoms with van der Waals surface area (Å²) in [4.78, 5) is 11.7. The van der Waals surface area contributed by atoms with Gasteiger partial charge in [0.1, 0.15) is 0 Å². The summed E-state index contributed by atoms with van der Waals surface area (Å²) in [5, 5.41) is 15.2. The van der Waals surface area contributed by atoms with Gasteiger partial charge in [0, 0.05) is 12.6 Å². The van der Waals surface area contributed by atoms with Crippen molar-refractivity contribution >= 4 is 5.91 Å². The van der Waals surface area contributed by atoms with E-state index in [9.17, 15) is 9.90 Å². The minimum absolute atomic E-state index is 0.0141. The predicted octanol–water partition coefficient (Wildman–Crippen LogP) is 1.29. The van der Waals surface area contributed by atoms with Gasteiger partial charge in [-0.05, 0) is 19.3 Å². The Hall–Kier alpha value is -0.610. The van der Waals surface area contributed by atoms with E-state index in [-0.39, 0.29) is 24.6 Å². The Morgan fingerprint density at radius 3 is 2.35 bits per heavy atom. The molecule has 4 heteroatoms. The molecule has 1 amide bonds. The zero-order chi connectivity index (χ0) is 13.3. The van der Waals surface area contributed by atoms with Crippen molar-refractivity contribution in [2.24, 2.45) is 5.92 Å². The van der Waals surface area contributed by atoms with Crippen LogP contribution in [0, 0.1) is 5.92 Å². The van der Waals surface area contributed by atoms with Gasteiger partial charge in [-0.15, -0.1) is 0 Å². The first kappa shape index (κ1) is 16.4. The lowest BCUT2D eigenvalue weighted by Crippen LogP contribution is -2.49. The van der Waals surface area contributed by atoms with Crippen LogP contribution in [0.1, 0.15) is 47.0 Å². The van der Waals surface area contributed by atoms with Crippen molar-refractivity contribution in [2.75, 3.05) is 13.2 Å². The van der Waals surface area contributed by atoms with Crippen LogP contribution in [-0.2, 0) is 4.79 Å². The lowest BCUT2D eigenvalue weighted by atomic mass is 10.0. The zero-order valence-corrected chi connectivity index (χ0v) is 11.6. The van der Waals surface area contributed by atoms with E-state index in [2.05, 4.69) is 17.6 Å². The molecule has 3 N–H and O–H groups in total. The highest BCUT2D eigenvalue weighted by Gasteiger charge is 2.18. The first-order valence-electron chi connectivity index (χ1n) is 6.67. The van der Waals surface area contributed by atoms with Gasteiger partial charge in [-0.3, -0.25) is 4.79 Å². The van der Waals surface area contributed by atoms with Gasteiger partial charge in [0.25, 0.3) is 0 Å². The van der Waals surface area contributed by atoms with E-state index in [4.69, 9.17) is 0 Å². The number of carbonyl (C=O) groups excluding carboxylic acids is 1. The summed E-state index contributed by atoms with van der Waals surface area (Å²) < 4.78 is 0. The van der Waals surface area contributed by atoms with Crippen LogP contribution in [0.5, 0.6) is 0 Å². The Morgan fingerprint density at radius 1 is 1.24 bits per heavy atom. The Morgan fingerprint density at radius 2 is 1.88 bits per heavy atom. The van der Waals surface area contributed by atoms with Crippen molar-refractivity contribution in [3.63, 3.8) is 0 Å². The SMILES string of the molecule is CCCCCNC(=O)C(C)NC(CO)C(C)C. The van der Waals surface area contributed by atoms with E-state index in [1.54, 1.807) is 0 Å². The van der Waals surface area contributed by atoms with E-state index < -0.39 is 0 Å². The molecule has 0 aliphatic rings. The average molecular weight is 244 g/mol. The number of aliphatic hydroxyl groups excluding tert-OH is 1. The third-order valence-corrected chi connectivity index (χ3v) is 2.94. The van der Waals surface area contributed by atoms with E-state index >= 15 is 0 Å². The summed E-state index contributed by atoms with van der Waals surface area (Å²) in [5.74, 6) is 0.329. The molecule has 102 valence electrons. The highest BCUT2D eigenvalue weighted by Crippen LogP contribution is 2.02. The Kier molecular flexibility index (Phi) is 9.09. The van der Waals surface area contributed by atoms with Gasteiger partial charge in [0.05, 0.1) is 12.6 Å². The van der Waals surface area contributed by atoms with Crippen LogP contribution < -0.4 is 10.6 Å². The zero-order valence-electron chi connectivity index (χ0n) is 11.6. The summed E-state index contributed by atoms with van der Waals surface area (Å²) in [6.07, 6.45) is 3.33. The van der Waals surface area contributed by atoms with Crippen LogP contribution in [0.15, 0.2) is 0 Å². The van der Waals surface area contributed by atoms with Crippen LogP contribution in [0.2, 0.25) is 0 Å². The molecule has 4 nitrogen and oxygen atoms in total. The topological polar surface area (TPSA) is 61.4 Å². The molecular weight excluding hydrogens is 216 g/mol. The van der Waals surface area contributed by atoms with E-state index in [1.807, 2.05) is 20.8 Å². The molecule has 0 heterocycles.